The molecule has 0 aliphatic carbocycles. The summed E-state index contributed by atoms with van der Waals surface area (Å²) in [6.45, 7) is -1.81. The topological polar surface area (TPSA) is 455 Å². The second-order valence-electron chi connectivity index (χ2n) is 22.1. The van der Waals surface area contributed by atoms with Crippen LogP contribution in [0, 0.1) is 23.7 Å². The van der Waals surface area contributed by atoms with E-state index in [1.165, 1.54) is 6.92 Å². The molecule has 6 aliphatic heterocycles. The van der Waals surface area contributed by atoms with Gasteiger partial charge in [-0.1, -0.05) is 13.3 Å². The molecule has 0 spiro atoms. The fourth-order valence-electron chi connectivity index (χ4n) is 11.0. The molecule has 0 aromatic carbocycles. The number of hydrogen-bond donors (Lipinski definition) is 17. The number of ether oxygens (including phenoxy) is 12. The molecule has 0 saturated carbocycles. The smallest absolute Gasteiger partial charge is 0.192 e. The summed E-state index contributed by atoms with van der Waals surface area (Å²) < 4.78 is 68.3. The first-order chi connectivity index (χ1) is 37.6. The monoisotopic (exact) mass is 1150 g/mol. The molecule has 0 aromatic heterocycles. The van der Waals surface area contributed by atoms with Crippen molar-refractivity contribution in [2.24, 2.45) is 23.7 Å². The van der Waals surface area contributed by atoms with Gasteiger partial charge in [-0.25, -0.2) is 0 Å². The summed E-state index contributed by atoms with van der Waals surface area (Å²) in [5.41, 5.74) is -3.81. The highest BCUT2D eigenvalue weighted by Crippen LogP contribution is 2.37. The summed E-state index contributed by atoms with van der Waals surface area (Å²) >= 11 is 0. The van der Waals surface area contributed by atoms with Crippen LogP contribution in [0.5, 0.6) is 0 Å². The summed E-state index contributed by atoms with van der Waals surface area (Å²) in [5, 5.41) is 182. The minimum Gasteiger partial charge on any atom is -0.394 e. The van der Waals surface area contributed by atoms with E-state index in [9.17, 15) is 86.8 Å². The Hall–Kier alpha value is -1.16. The van der Waals surface area contributed by atoms with Gasteiger partial charge < -0.3 is 144 Å². The molecule has 0 amide bonds. The molecule has 464 valence electrons. The minimum absolute atomic E-state index is 0.0422. The highest BCUT2D eigenvalue weighted by atomic mass is 16.7. The number of aliphatic hydroxyl groups is 17. The van der Waals surface area contributed by atoms with Gasteiger partial charge >= 0.3 is 0 Å². The Balaban J connectivity index is 0.901. The molecule has 0 radical (unpaired) electrons. The van der Waals surface area contributed by atoms with E-state index >= 15 is 0 Å². The van der Waals surface area contributed by atoms with Crippen LogP contribution >= 0.6 is 0 Å². The van der Waals surface area contributed by atoms with Crippen LogP contribution in [-0.4, -0.2) is 332 Å². The largest absolute Gasteiger partial charge is 0.394 e. The molecule has 26 unspecified atom stereocenters. The van der Waals surface area contributed by atoms with Crippen LogP contribution in [-0.2, 0) is 56.8 Å². The lowest BCUT2D eigenvalue weighted by Crippen LogP contribution is -2.61. The van der Waals surface area contributed by atoms with Crippen molar-refractivity contribution < 1.29 is 144 Å². The lowest BCUT2D eigenvalue weighted by Gasteiger charge is -2.46. The first kappa shape index (κ1) is 67.0. The molecule has 29 nitrogen and oxygen atoms in total. The minimum atomic E-state index is -2.25. The second kappa shape index (κ2) is 30.8. The molecule has 6 saturated heterocycles. The molecule has 29 heteroatoms. The first-order valence-electron chi connectivity index (χ1n) is 27.4. The average molecular weight is 1160 g/mol. The van der Waals surface area contributed by atoms with Crippen molar-refractivity contribution in [1.29, 1.82) is 0 Å². The molecule has 0 aromatic rings. The van der Waals surface area contributed by atoms with Gasteiger partial charge in [-0.2, -0.15) is 0 Å². The fourth-order valence-corrected chi connectivity index (χ4v) is 11.0. The Bertz CT molecular complexity index is 1740. The van der Waals surface area contributed by atoms with Crippen molar-refractivity contribution in [2.75, 3.05) is 112 Å². The number of aliphatic hydroxyl groups excluding tert-OH is 14. The van der Waals surface area contributed by atoms with Gasteiger partial charge in [-0.3, -0.25) is 0 Å². The van der Waals surface area contributed by atoms with Crippen LogP contribution in [0.2, 0.25) is 0 Å². The number of hydrogen-bond acceptors (Lipinski definition) is 29. The van der Waals surface area contributed by atoms with E-state index in [2.05, 4.69) is 0 Å². The van der Waals surface area contributed by atoms with Crippen molar-refractivity contribution in [3.05, 3.63) is 0 Å². The van der Waals surface area contributed by atoms with Crippen LogP contribution in [0.4, 0.5) is 0 Å². The van der Waals surface area contributed by atoms with E-state index < -0.39 is 203 Å². The maximum Gasteiger partial charge on any atom is 0.192 e. The van der Waals surface area contributed by atoms with E-state index in [4.69, 9.17) is 56.8 Å². The fraction of sp³-hybridized carbons (Fsp3) is 1.00. The van der Waals surface area contributed by atoms with E-state index in [0.29, 0.717) is 6.61 Å². The Morgan fingerprint density at radius 2 is 1.01 bits per heavy atom. The summed E-state index contributed by atoms with van der Waals surface area (Å²) in [6, 6.07) is 0. The van der Waals surface area contributed by atoms with Crippen molar-refractivity contribution in [3.63, 3.8) is 0 Å². The van der Waals surface area contributed by atoms with Gasteiger partial charge in [0.15, 0.2) is 12.1 Å². The van der Waals surface area contributed by atoms with Crippen molar-refractivity contribution >= 4 is 0 Å². The summed E-state index contributed by atoms with van der Waals surface area (Å²) in [6.07, 6.45) is -23.4. The Morgan fingerprint density at radius 3 is 1.62 bits per heavy atom. The Kier molecular flexibility index (Phi) is 26.1. The summed E-state index contributed by atoms with van der Waals surface area (Å²) in [5.74, 6) is -5.90. The SMILES string of the molecule is CCCCOC1COC(CO)C(COCCC2(O)COC(CO)C(COCCC3(O)COC(O)(COC4OC(CO)C(COCC5OC(CO)C(COCC6OC(C)C(O)C(O)C6O)C(O)C5O)C(O)C4O)CC3O)C2O)C1O. The third kappa shape index (κ3) is 16.6. The second-order valence-corrected chi connectivity index (χ2v) is 22.1. The molecule has 79 heavy (non-hydrogen) atoms. The van der Waals surface area contributed by atoms with E-state index in [-0.39, 0.29) is 78.9 Å². The maximum atomic E-state index is 11.5. The van der Waals surface area contributed by atoms with Gasteiger partial charge in [0.2, 0.25) is 0 Å². The Morgan fingerprint density at radius 1 is 0.481 bits per heavy atom. The van der Waals surface area contributed by atoms with Gasteiger partial charge in [0.05, 0.1) is 147 Å². The molecule has 17 N–H and O–H groups in total. The van der Waals surface area contributed by atoms with Gasteiger partial charge in [0, 0.05) is 62.8 Å². The molecule has 6 fully saturated rings. The molecular formula is C50H90O29. The van der Waals surface area contributed by atoms with Crippen LogP contribution in [0.1, 0.15) is 46.0 Å². The van der Waals surface area contributed by atoms with Gasteiger partial charge in [0.25, 0.3) is 0 Å². The molecule has 6 rings (SSSR count). The quantitative estimate of drug-likeness (QED) is 0.0309. The van der Waals surface area contributed by atoms with Crippen molar-refractivity contribution in [3.8, 4) is 0 Å². The highest BCUT2D eigenvalue weighted by molar-refractivity contribution is 5.00. The average Bonchev–Trinajstić information content (AvgIpc) is 3.51. The molecule has 6 aliphatic rings. The molecule has 6 heterocycles. The maximum absolute atomic E-state index is 11.5. The zero-order valence-corrected chi connectivity index (χ0v) is 44.8. The van der Waals surface area contributed by atoms with Crippen molar-refractivity contribution in [1.82, 2.24) is 0 Å². The third-order valence-electron chi connectivity index (χ3n) is 16.5. The van der Waals surface area contributed by atoms with Crippen molar-refractivity contribution in [2.45, 2.75) is 179 Å². The van der Waals surface area contributed by atoms with Crippen LogP contribution in [0.3, 0.4) is 0 Å². The number of rotatable bonds is 29. The van der Waals surface area contributed by atoms with Gasteiger partial charge in [-0.15, -0.1) is 0 Å². The molecular weight excluding hydrogens is 1060 g/mol. The normalized spacial score (nSPS) is 46.1. The predicted molar refractivity (Wildman–Crippen MR) is 262 cm³/mol. The van der Waals surface area contributed by atoms with Gasteiger partial charge in [0.1, 0.15) is 66.6 Å². The molecule has 0 bridgehead atoms. The lowest BCUT2D eigenvalue weighted by atomic mass is 9.80. The zero-order valence-electron chi connectivity index (χ0n) is 44.8. The summed E-state index contributed by atoms with van der Waals surface area (Å²) in [4.78, 5) is 0. The predicted octanol–water partition coefficient (Wildman–Crippen LogP) is -8.27. The Labute approximate surface area is 457 Å². The van der Waals surface area contributed by atoms with Gasteiger partial charge in [-0.05, 0) is 13.3 Å². The van der Waals surface area contributed by atoms with E-state index in [1.807, 2.05) is 6.92 Å². The van der Waals surface area contributed by atoms with Crippen LogP contribution < -0.4 is 0 Å². The zero-order chi connectivity index (χ0) is 57.8. The third-order valence-corrected chi connectivity index (χ3v) is 16.5. The van der Waals surface area contributed by atoms with Crippen LogP contribution in [0.15, 0.2) is 0 Å². The first-order valence-corrected chi connectivity index (χ1v) is 27.4. The lowest BCUT2D eigenvalue weighted by molar-refractivity contribution is -0.348. The standard InChI is InChI=1S/C50H90O29/c1-3-4-7-72-34-21-73-30(11-51)26(39(34)57)15-68-9-6-49(66)22-74-31(12-52)29(46(49)64)18-69-8-5-48(65)23-76-50(67,10-37(48)55)24-75-47-45(63)41(59)28(33(14-54)79-47)17-71-20-36-42(60)40(58)27(32(13-53)78-36)16-70-19-35-43(61)44(62)38(56)25(2)77-35/h25-47,51-67H,3-24H2,1-2H3. The highest BCUT2D eigenvalue weighted by Gasteiger charge is 2.53. The van der Waals surface area contributed by atoms with E-state index in [1.54, 1.807) is 0 Å². The molecule has 26 atom stereocenters. The van der Waals surface area contributed by atoms with E-state index in [0.717, 1.165) is 12.8 Å². The van der Waals surface area contributed by atoms with Crippen LogP contribution in [0.25, 0.3) is 0 Å². The summed E-state index contributed by atoms with van der Waals surface area (Å²) in [7, 11) is 0. The number of unbranched alkanes of at least 4 members (excludes halogenated alkanes) is 1.